The van der Waals surface area contributed by atoms with Crippen LogP contribution in [0, 0.1) is 0 Å². The molecule has 90 valence electrons. The van der Waals surface area contributed by atoms with E-state index in [0.29, 0.717) is 5.92 Å². The van der Waals surface area contributed by atoms with Crippen molar-refractivity contribution >= 4 is 0 Å². The van der Waals surface area contributed by atoms with Crippen LogP contribution in [0.25, 0.3) is 0 Å². The lowest BCUT2D eigenvalue weighted by Gasteiger charge is -2.12. The molecule has 0 saturated carbocycles. The normalized spacial score (nSPS) is 10.8. The van der Waals surface area contributed by atoms with Gasteiger partial charge in [-0.1, -0.05) is 26.0 Å². The molecule has 16 heavy (non-hydrogen) atoms. The Labute approximate surface area is 99.0 Å². The van der Waals surface area contributed by atoms with Gasteiger partial charge in [-0.05, 0) is 49.5 Å². The van der Waals surface area contributed by atoms with Gasteiger partial charge in [0.15, 0.2) is 0 Å². The molecule has 0 aliphatic heterocycles. The summed E-state index contributed by atoms with van der Waals surface area (Å²) in [4.78, 5) is 0. The van der Waals surface area contributed by atoms with Crippen molar-refractivity contribution in [3.63, 3.8) is 0 Å². The Balaban J connectivity index is 2.76. The van der Waals surface area contributed by atoms with E-state index >= 15 is 0 Å². The summed E-state index contributed by atoms with van der Waals surface area (Å²) in [5.41, 5.74) is 2.65. The first kappa shape index (κ1) is 13.0. The SMILES string of the molecule is CNCCCc1ccc(C(C)C)cc1OC. The van der Waals surface area contributed by atoms with Crippen LogP contribution in [0.15, 0.2) is 18.2 Å². The summed E-state index contributed by atoms with van der Waals surface area (Å²) in [7, 11) is 3.74. The Hall–Kier alpha value is -1.02. The van der Waals surface area contributed by atoms with Crippen molar-refractivity contribution in [3.8, 4) is 5.75 Å². The molecule has 2 nitrogen and oxygen atoms in total. The van der Waals surface area contributed by atoms with E-state index in [1.807, 2.05) is 7.05 Å². The van der Waals surface area contributed by atoms with Gasteiger partial charge in [-0.3, -0.25) is 0 Å². The third kappa shape index (κ3) is 3.53. The molecule has 0 bridgehead atoms. The minimum absolute atomic E-state index is 0.556. The monoisotopic (exact) mass is 221 g/mol. The maximum atomic E-state index is 5.45. The minimum atomic E-state index is 0.556. The first-order valence-corrected chi connectivity index (χ1v) is 6.00. The van der Waals surface area contributed by atoms with Crippen LogP contribution in [0.1, 0.15) is 37.3 Å². The molecule has 1 aromatic rings. The standard InChI is InChI=1S/C14H23NO/c1-11(2)13-8-7-12(6-5-9-15-3)14(10-13)16-4/h7-8,10-11,15H,5-6,9H2,1-4H3. The van der Waals surface area contributed by atoms with E-state index in [1.54, 1.807) is 7.11 Å². The van der Waals surface area contributed by atoms with Crippen LogP contribution >= 0.6 is 0 Å². The third-order valence-corrected chi connectivity index (χ3v) is 2.85. The van der Waals surface area contributed by atoms with Crippen LogP contribution in [-0.2, 0) is 6.42 Å². The number of nitrogens with one attached hydrogen (secondary N) is 1. The number of benzene rings is 1. The molecule has 0 amide bonds. The first-order valence-electron chi connectivity index (χ1n) is 6.00. The fourth-order valence-corrected chi connectivity index (χ4v) is 1.78. The Bertz CT molecular complexity index is 321. The summed E-state index contributed by atoms with van der Waals surface area (Å²) < 4.78 is 5.45. The molecule has 0 aliphatic carbocycles. The molecule has 0 spiro atoms. The molecule has 0 aromatic heterocycles. The molecule has 0 atom stereocenters. The highest BCUT2D eigenvalue weighted by Gasteiger charge is 2.06. The van der Waals surface area contributed by atoms with Gasteiger partial charge >= 0.3 is 0 Å². The number of hydrogen-bond donors (Lipinski definition) is 1. The summed E-state index contributed by atoms with van der Waals surface area (Å²) in [6, 6.07) is 6.57. The predicted molar refractivity (Wildman–Crippen MR) is 69.3 cm³/mol. The molecule has 0 unspecified atom stereocenters. The zero-order valence-corrected chi connectivity index (χ0v) is 10.8. The van der Waals surface area contributed by atoms with Gasteiger partial charge in [-0.25, -0.2) is 0 Å². The van der Waals surface area contributed by atoms with Gasteiger partial charge in [0.05, 0.1) is 7.11 Å². The van der Waals surface area contributed by atoms with Crippen molar-refractivity contribution in [2.75, 3.05) is 20.7 Å². The van der Waals surface area contributed by atoms with Crippen molar-refractivity contribution in [1.82, 2.24) is 5.32 Å². The first-order chi connectivity index (χ1) is 7.69. The van der Waals surface area contributed by atoms with Crippen LogP contribution in [-0.4, -0.2) is 20.7 Å². The summed E-state index contributed by atoms with van der Waals surface area (Å²) in [6.45, 7) is 5.46. The maximum Gasteiger partial charge on any atom is 0.122 e. The van der Waals surface area contributed by atoms with Gasteiger partial charge < -0.3 is 10.1 Å². The molecule has 0 heterocycles. The lowest BCUT2D eigenvalue weighted by Crippen LogP contribution is -2.08. The van der Waals surface area contributed by atoms with Crippen molar-refractivity contribution in [2.45, 2.75) is 32.6 Å². The van der Waals surface area contributed by atoms with E-state index in [0.717, 1.165) is 25.1 Å². The smallest absolute Gasteiger partial charge is 0.122 e. The van der Waals surface area contributed by atoms with E-state index in [4.69, 9.17) is 4.74 Å². The van der Waals surface area contributed by atoms with Gasteiger partial charge in [0.25, 0.3) is 0 Å². The number of ether oxygens (including phenoxy) is 1. The predicted octanol–water partition coefficient (Wildman–Crippen LogP) is 2.97. The maximum absolute atomic E-state index is 5.45. The fourth-order valence-electron chi connectivity index (χ4n) is 1.78. The average molecular weight is 221 g/mol. The second kappa shape index (κ2) is 6.54. The molecule has 0 aliphatic rings. The lowest BCUT2D eigenvalue weighted by molar-refractivity contribution is 0.408. The topological polar surface area (TPSA) is 21.3 Å². The molecule has 2 heteroatoms. The van der Waals surface area contributed by atoms with Crippen LogP contribution in [0.3, 0.4) is 0 Å². The molecular weight excluding hydrogens is 198 g/mol. The second-order valence-electron chi connectivity index (χ2n) is 4.43. The summed E-state index contributed by atoms with van der Waals surface area (Å²) in [5.74, 6) is 1.59. The number of rotatable bonds is 6. The van der Waals surface area contributed by atoms with E-state index in [-0.39, 0.29) is 0 Å². The number of methoxy groups -OCH3 is 1. The van der Waals surface area contributed by atoms with Gasteiger partial charge in [0.2, 0.25) is 0 Å². The van der Waals surface area contributed by atoms with Crippen molar-refractivity contribution in [3.05, 3.63) is 29.3 Å². The van der Waals surface area contributed by atoms with E-state index in [9.17, 15) is 0 Å². The van der Waals surface area contributed by atoms with Crippen LogP contribution in [0.5, 0.6) is 5.75 Å². The molecule has 0 saturated heterocycles. The zero-order chi connectivity index (χ0) is 12.0. The van der Waals surface area contributed by atoms with Crippen LogP contribution < -0.4 is 10.1 Å². The van der Waals surface area contributed by atoms with E-state index in [1.165, 1.54) is 11.1 Å². The molecule has 1 aromatic carbocycles. The van der Waals surface area contributed by atoms with Crippen LogP contribution in [0.2, 0.25) is 0 Å². The summed E-state index contributed by atoms with van der Waals surface area (Å²) >= 11 is 0. The highest BCUT2D eigenvalue weighted by Crippen LogP contribution is 2.25. The molecular formula is C14H23NO. The van der Waals surface area contributed by atoms with Crippen molar-refractivity contribution in [1.29, 1.82) is 0 Å². The lowest BCUT2D eigenvalue weighted by atomic mass is 9.99. The third-order valence-electron chi connectivity index (χ3n) is 2.85. The summed E-state index contributed by atoms with van der Waals surface area (Å²) in [6.07, 6.45) is 2.22. The number of aryl methyl sites for hydroxylation is 1. The largest absolute Gasteiger partial charge is 0.496 e. The van der Waals surface area contributed by atoms with Gasteiger partial charge in [0, 0.05) is 0 Å². The average Bonchev–Trinajstić information content (AvgIpc) is 2.29. The van der Waals surface area contributed by atoms with Gasteiger partial charge in [0.1, 0.15) is 5.75 Å². The second-order valence-corrected chi connectivity index (χ2v) is 4.43. The van der Waals surface area contributed by atoms with Gasteiger partial charge in [-0.2, -0.15) is 0 Å². The fraction of sp³-hybridized carbons (Fsp3) is 0.571. The Kier molecular flexibility index (Phi) is 5.33. The highest BCUT2D eigenvalue weighted by atomic mass is 16.5. The van der Waals surface area contributed by atoms with Gasteiger partial charge in [-0.15, -0.1) is 0 Å². The van der Waals surface area contributed by atoms with Crippen LogP contribution in [0.4, 0.5) is 0 Å². The Morgan fingerprint density at radius 2 is 2.06 bits per heavy atom. The molecule has 0 radical (unpaired) electrons. The Morgan fingerprint density at radius 3 is 2.62 bits per heavy atom. The van der Waals surface area contributed by atoms with E-state index < -0.39 is 0 Å². The molecule has 1 rings (SSSR count). The minimum Gasteiger partial charge on any atom is -0.496 e. The zero-order valence-electron chi connectivity index (χ0n) is 10.8. The Morgan fingerprint density at radius 1 is 1.31 bits per heavy atom. The quantitative estimate of drug-likeness (QED) is 0.746. The molecule has 0 fully saturated rings. The van der Waals surface area contributed by atoms with Crippen molar-refractivity contribution in [2.24, 2.45) is 0 Å². The highest BCUT2D eigenvalue weighted by molar-refractivity contribution is 5.38. The number of hydrogen-bond acceptors (Lipinski definition) is 2. The summed E-state index contributed by atoms with van der Waals surface area (Å²) in [5, 5.41) is 3.16. The van der Waals surface area contributed by atoms with E-state index in [2.05, 4.69) is 37.4 Å². The molecule has 1 N–H and O–H groups in total. The van der Waals surface area contributed by atoms with Crippen molar-refractivity contribution < 1.29 is 4.74 Å².